The fraction of sp³-hybridized carbons (Fsp3) is 0.438. The highest BCUT2D eigenvalue weighted by Gasteiger charge is 2.44. The molecule has 0 radical (unpaired) electrons. The first-order chi connectivity index (χ1) is 10.8. The molecule has 0 aliphatic carbocycles. The van der Waals surface area contributed by atoms with Gasteiger partial charge in [0.2, 0.25) is 5.91 Å². The topological polar surface area (TPSA) is 87.7 Å². The van der Waals surface area contributed by atoms with Gasteiger partial charge in [-0.2, -0.15) is 0 Å². The fourth-order valence-corrected chi connectivity index (χ4v) is 2.20. The minimum absolute atomic E-state index is 0.337. The summed E-state index contributed by atoms with van der Waals surface area (Å²) in [5.74, 6) is -0.327. The van der Waals surface area contributed by atoms with Gasteiger partial charge >= 0.3 is 6.03 Å². The number of benzene rings is 1. The molecule has 1 aromatic carbocycles. The van der Waals surface area contributed by atoms with Crippen LogP contribution in [0.25, 0.3) is 0 Å². The van der Waals surface area contributed by atoms with Crippen LogP contribution in [0.2, 0.25) is 0 Å². The number of nitrogens with one attached hydrogen (secondary N) is 2. The third-order valence-electron chi connectivity index (χ3n) is 3.37. The first-order valence-electron chi connectivity index (χ1n) is 7.51. The minimum Gasteiger partial charge on any atom is -0.491 e. The van der Waals surface area contributed by atoms with Gasteiger partial charge < -0.3 is 15.4 Å². The van der Waals surface area contributed by atoms with E-state index in [-0.39, 0.29) is 6.54 Å². The van der Waals surface area contributed by atoms with Crippen LogP contribution in [-0.4, -0.2) is 41.4 Å². The lowest BCUT2D eigenvalue weighted by atomic mass is 10.1. The van der Waals surface area contributed by atoms with Gasteiger partial charge in [0.1, 0.15) is 17.8 Å². The number of nitrogens with zero attached hydrogens (tertiary/aromatic N) is 1. The molecule has 23 heavy (non-hydrogen) atoms. The van der Waals surface area contributed by atoms with Gasteiger partial charge in [-0.3, -0.25) is 14.5 Å². The van der Waals surface area contributed by atoms with E-state index in [0.717, 1.165) is 11.3 Å². The van der Waals surface area contributed by atoms with Gasteiger partial charge in [0.05, 0.1) is 12.3 Å². The molecule has 4 amide bonds. The van der Waals surface area contributed by atoms with Gasteiger partial charge in [-0.1, -0.05) is 19.1 Å². The van der Waals surface area contributed by atoms with Crippen molar-refractivity contribution in [3.8, 4) is 5.75 Å². The van der Waals surface area contributed by atoms with Crippen LogP contribution in [0, 0.1) is 0 Å². The van der Waals surface area contributed by atoms with E-state index >= 15 is 0 Å². The Labute approximate surface area is 135 Å². The number of hydrogen-bond donors (Lipinski definition) is 2. The molecule has 1 heterocycles. The molecule has 2 rings (SSSR count). The van der Waals surface area contributed by atoms with Crippen molar-refractivity contribution in [2.75, 3.05) is 18.5 Å². The average molecular weight is 319 g/mol. The Morgan fingerprint density at radius 2 is 2.00 bits per heavy atom. The van der Waals surface area contributed by atoms with Crippen LogP contribution in [0.4, 0.5) is 10.5 Å². The van der Waals surface area contributed by atoms with Gasteiger partial charge in [0, 0.05) is 0 Å². The van der Waals surface area contributed by atoms with Crippen molar-refractivity contribution in [2.24, 2.45) is 0 Å². The predicted octanol–water partition coefficient (Wildman–Crippen LogP) is 1.74. The van der Waals surface area contributed by atoms with Crippen molar-refractivity contribution < 1.29 is 19.1 Å². The van der Waals surface area contributed by atoms with Gasteiger partial charge in [0.15, 0.2) is 0 Å². The van der Waals surface area contributed by atoms with E-state index in [1.54, 1.807) is 38.1 Å². The molecule has 7 heteroatoms. The Bertz CT molecular complexity index is 628. The van der Waals surface area contributed by atoms with Crippen LogP contribution in [-0.2, 0) is 9.59 Å². The summed E-state index contributed by atoms with van der Waals surface area (Å²) in [5.41, 5.74) is -0.475. The van der Waals surface area contributed by atoms with Crippen molar-refractivity contribution in [3.05, 3.63) is 24.3 Å². The number of rotatable bonds is 6. The van der Waals surface area contributed by atoms with Gasteiger partial charge in [-0.05, 0) is 32.4 Å². The third-order valence-corrected chi connectivity index (χ3v) is 3.37. The van der Waals surface area contributed by atoms with Gasteiger partial charge in [-0.15, -0.1) is 0 Å². The van der Waals surface area contributed by atoms with Crippen molar-refractivity contribution in [1.29, 1.82) is 0 Å². The normalized spacial score (nSPS) is 16.2. The molecule has 1 aliphatic rings. The zero-order valence-electron chi connectivity index (χ0n) is 13.5. The summed E-state index contributed by atoms with van der Waals surface area (Å²) < 4.78 is 5.56. The van der Waals surface area contributed by atoms with Gasteiger partial charge in [-0.25, -0.2) is 4.79 Å². The summed E-state index contributed by atoms with van der Waals surface area (Å²) in [7, 11) is 0. The largest absolute Gasteiger partial charge is 0.491 e. The monoisotopic (exact) mass is 319 g/mol. The van der Waals surface area contributed by atoms with Crippen molar-refractivity contribution in [3.63, 3.8) is 0 Å². The van der Waals surface area contributed by atoms with Crippen molar-refractivity contribution in [2.45, 2.75) is 32.7 Å². The lowest BCUT2D eigenvalue weighted by Crippen LogP contribution is -2.41. The van der Waals surface area contributed by atoms with Crippen molar-refractivity contribution in [1.82, 2.24) is 10.2 Å². The lowest BCUT2D eigenvalue weighted by Gasteiger charge is -2.16. The molecule has 1 fully saturated rings. The molecule has 0 unspecified atom stereocenters. The molecule has 7 nitrogen and oxygen atoms in total. The highest BCUT2D eigenvalue weighted by atomic mass is 16.5. The minimum atomic E-state index is -0.987. The summed E-state index contributed by atoms with van der Waals surface area (Å²) in [4.78, 5) is 36.9. The van der Waals surface area contributed by atoms with E-state index in [9.17, 15) is 14.4 Å². The van der Waals surface area contributed by atoms with Crippen LogP contribution in [0.3, 0.4) is 0 Å². The molecule has 2 N–H and O–H groups in total. The van der Waals surface area contributed by atoms with E-state index in [1.165, 1.54) is 0 Å². The Morgan fingerprint density at radius 1 is 1.30 bits per heavy atom. The molecule has 1 aromatic rings. The molecular formula is C16H21N3O4. The van der Waals surface area contributed by atoms with Crippen LogP contribution in [0.5, 0.6) is 5.75 Å². The van der Waals surface area contributed by atoms with Crippen LogP contribution < -0.4 is 15.4 Å². The number of amides is 4. The van der Waals surface area contributed by atoms with E-state index in [0.29, 0.717) is 18.0 Å². The summed E-state index contributed by atoms with van der Waals surface area (Å²) in [5, 5.41) is 5.21. The number of urea groups is 1. The Hall–Kier alpha value is -2.57. The second-order valence-electron chi connectivity index (χ2n) is 5.84. The first kappa shape index (κ1) is 16.8. The molecule has 1 saturated heterocycles. The molecule has 0 aromatic heterocycles. The second kappa shape index (κ2) is 6.68. The number of imide groups is 1. The predicted molar refractivity (Wildman–Crippen MR) is 85.2 cm³/mol. The molecule has 124 valence electrons. The van der Waals surface area contributed by atoms with Crippen molar-refractivity contribution >= 4 is 23.5 Å². The Kier molecular flexibility index (Phi) is 4.88. The number of para-hydroxylation sites is 2. The standard InChI is InChI=1S/C16H21N3O4/c1-4-9-23-12-8-6-5-7-11(12)17-13(20)10-19-14(21)16(2,3)18-15(19)22/h5-8H,4,9-10H2,1-3H3,(H,17,20)(H,18,22). The summed E-state index contributed by atoms with van der Waals surface area (Å²) >= 11 is 0. The molecule has 0 saturated carbocycles. The highest BCUT2D eigenvalue weighted by Crippen LogP contribution is 2.24. The first-order valence-corrected chi connectivity index (χ1v) is 7.51. The molecule has 1 aliphatic heterocycles. The molecular weight excluding hydrogens is 298 g/mol. The molecule has 0 atom stereocenters. The maximum Gasteiger partial charge on any atom is 0.325 e. The SMILES string of the molecule is CCCOc1ccccc1NC(=O)CN1C(=O)NC(C)(C)C1=O. The van der Waals surface area contributed by atoms with Crippen LogP contribution in [0.15, 0.2) is 24.3 Å². The number of hydrogen-bond acceptors (Lipinski definition) is 4. The Balaban J connectivity index is 2.03. The fourth-order valence-electron chi connectivity index (χ4n) is 2.20. The number of ether oxygens (including phenoxy) is 1. The second-order valence-corrected chi connectivity index (χ2v) is 5.84. The molecule has 0 bridgehead atoms. The highest BCUT2D eigenvalue weighted by molar-refractivity contribution is 6.09. The third kappa shape index (κ3) is 3.80. The average Bonchev–Trinajstić information content (AvgIpc) is 2.68. The number of carbonyl (C=O) groups is 3. The maximum absolute atomic E-state index is 12.2. The number of anilines is 1. The van der Waals surface area contributed by atoms with Crippen LogP contribution in [0.1, 0.15) is 27.2 Å². The Morgan fingerprint density at radius 3 is 2.61 bits per heavy atom. The smallest absolute Gasteiger partial charge is 0.325 e. The summed E-state index contributed by atoms with van der Waals surface area (Å²) in [6.45, 7) is 5.38. The lowest BCUT2D eigenvalue weighted by molar-refractivity contribution is -0.132. The molecule has 0 spiro atoms. The quantitative estimate of drug-likeness (QED) is 0.782. The maximum atomic E-state index is 12.2. The van der Waals surface area contributed by atoms with E-state index < -0.39 is 23.4 Å². The van der Waals surface area contributed by atoms with E-state index in [4.69, 9.17) is 4.74 Å². The van der Waals surface area contributed by atoms with E-state index in [2.05, 4.69) is 10.6 Å². The zero-order valence-corrected chi connectivity index (χ0v) is 13.5. The zero-order chi connectivity index (χ0) is 17.0. The summed E-state index contributed by atoms with van der Waals surface area (Å²) in [6, 6.07) is 6.47. The van der Waals surface area contributed by atoms with Gasteiger partial charge in [0.25, 0.3) is 5.91 Å². The van der Waals surface area contributed by atoms with Crippen LogP contribution >= 0.6 is 0 Å². The summed E-state index contributed by atoms with van der Waals surface area (Å²) in [6.07, 6.45) is 0.847. The number of carbonyl (C=O) groups excluding carboxylic acids is 3. The van der Waals surface area contributed by atoms with E-state index in [1.807, 2.05) is 6.92 Å².